The van der Waals surface area contributed by atoms with Crippen LogP contribution in [0.2, 0.25) is 0 Å². The van der Waals surface area contributed by atoms with Gasteiger partial charge in [0.2, 0.25) is 5.91 Å². The molecule has 0 spiro atoms. The van der Waals surface area contributed by atoms with Gasteiger partial charge in [-0.15, -0.1) is 0 Å². The predicted octanol–water partition coefficient (Wildman–Crippen LogP) is 2.50. The van der Waals surface area contributed by atoms with Crippen molar-refractivity contribution in [3.63, 3.8) is 0 Å². The summed E-state index contributed by atoms with van der Waals surface area (Å²) < 4.78 is 0. The van der Waals surface area contributed by atoms with Gasteiger partial charge in [0.1, 0.15) is 6.04 Å². The lowest BCUT2D eigenvalue weighted by Crippen LogP contribution is -2.46. The molecule has 0 aliphatic rings. The maximum atomic E-state index is 11.7. The van der Waals surface area contributed by atoms with E-state index in [9.17, 15) is 4.79 Å². The molecule has 4 nitrogen and oxygen atoms in total. The summed E-state index contributed by atoms with van der Waals surface area (Å²) in [4.78, 5) is 11.7. The molecule has 0 fully saturated rings. The van der Waals surface area contributed by atoms with E-state index in [-0.39, 0.29) is 11.9 Å². The van der Waals surface area contributed by atoms with E-state index in [2.05, 4.69) is 28.9 Å². The highest BCUT2D eigenvalue weighted by Crippen LogP contribution is 2.17. The molecule has 5 heteroatoms. The first-order valence-corrected chi connectivity index (χ1v) is 7.28. The molecule has 1 amide bonds. The van der Waals surface area contributed by atoms with Crippen LogP contribution in [-0.2, 0) is 4.79 Å². The molecule has 20 heavy (non-hydrogen) atoms. The van der Waals surface area contributed by atoms with Crippen molar-refractivity contribution >= 4 is 28.9 Å². The van der Waals surface area contributed by atoms with Gasteiger partial charge < -0.3 is 16.0 Å². The van der Waals surface area contributed by atoms with Crippen LogP contribution >= 0.6 is 12.2 Å². The first kappa shape index (κ1) is 16.4. The van der Waals surface area contributed by atoms with E-state index in [1.165, 1.54) is 5.56 Å². The van der Waals surface area contributed by atoms with Gasteiger partial charge in [0.15, 0.2) is 5.11 Å². The summed E-state index contributed by atoms with van der Waals surface area (Å²) in [6.07, 6.45) is 0.920. The third-order valence-electron chi connectivity index (χ3n) is 3.14. The lowest BCUT2D eigenvalue weighted by atomic mass is 10.1. The van der Waals surface area contributed by atoms with Crippen LogP contribution < -0.4 is 16.0 Å². The van der Waals surface area contributed by atoms with Crippen molar-refractivity contribution in [3.8, 4) is 0 Å². The Labute approximate surface area is 126 Å². The molecule has 0 aliphatic heterocycles. The highest BCUT2D eigenvalue weighted by atomic mass is 32.1. The van der Waals surface area contributed by atoms with Crippen LogP contribution in [-0.4, -0.2) is 23.6 Å². The number of nitrogens with one attached hydrogen (secondary N) is 3. The van der Waals surface area contributed by atoms with E-state index in [0.29, 0.717) is 11.7 Å². The van der Waals surface area contributed by atoms with Crippen LogP contribution in [0.25, 0.3) is 0 Å². The summed E-state index contributed by atoms with van der Waals surface area (Å²) in [7, 11) is 0. The van der Waals surface area contributed by atoms with E-state index >= 15 is 0 Å². The standard InChI is InChI=1S/C15H23N3OS/c1-5-9-16-14(19)12(4)17-15(20)18-13-8-6-7-10(2)11(13)3/h6-8,12H,5,9H2,1-4H3,(H,16,19)(H2,17,18,20)/t12-/m1/s1. The average Bonchev–Trinajstić information content (AvgIpc) is 2.41. The van der Waals surface area contributed by atoms with Gasteiger partial charge in [-0.2, -0.15) is 0 Å². The van der Waals surface area contributed by atoms with Crippen molar-refractivity contribution < 1.29 is 4.79 Å². The number of aryl methyl sites for hydroxylation is 1. The quantitative estimate of drug-likeness (QED) is 0.730. The average molecular weight is 293 g/mol. The van der Waals surface area contributed by atoms with Gasteiger partial charge in [-0.3, -0.25) is 4.79 Å². The molecule has 1 rings (SSSR count). The van der Waals surface area contributed by atoms with Crippen LogP contribution in [0.15, 0.2) is 18.2 Å². The minimum Gasteiger partial charge on any atom is -0.354 e. The molecule has 1 atom stereocenters. The summed E-state index contributed by atoms with van der Waals surface area (Å²) in [5.74, 6) is -0.0445. The van der Waals surface area contributed by atoms with E-state index in [0.717, 1.165) is 17.7 Å². The van der Waals surface area contributed by atoms with E-state index < -0.39 is 0 Å². The van der Waals surface area contributed by atoms with E-state index in [1.54, 1.807) is 6.92 Å². The Morgan fingerprint density at radius 3 is 2.70 bits per heavy atom. The van der Waals surface area contributed by atoms with Crippen molar-refractivity contribution in [1.82, 2.24) is 10.6 Å². The second kappa shape index (κ2) is 7.85. The van der Waals surface area contributed by atoms with Gasteiger partial charge in [-0.1, -0.05) is 19.1 Å². The Morgan fingerprint density at radius 2 is 2.05 bits per heavy atom. The summed E-state index contributed by atoms with van der Waals surface area (Å²) in [6, 6.07) is 5.65. The molecule has 0 radical (unpaired) electrons. The van der Waals surface area contributed by atoms with Crippen LogP contribution in [0.4, 0.5) is 5.69 Å². The fourth-order valence-corrected chi connectivity index (χ4v) is 2.00. The highest BCUT2D eigenvalue weighted by molar-refractivity contribution is 7.80. The largest absolute Gasteiger partial charge is 0.354 e. The summed E-state index contributed by atoms with van der Waals surface area (Å²) in [5.41, 5.74) is 3.31. The second-order valence-electron chi connectivity index (χ2n) is 4.86. The van der Waals surface area contributed by atoms with Gasteiger partial charge in [0.25, 0.3) is 0 Å². The van der Waals surface area contributed by atoms with Crippen LogP contribution in [0.3, 0.4) is 0 Å². The maximum absolute atomic E-state index is 11.7. The zero-order valence-electron chi connectivity index (χ0n) is 12.5. The van der Waals surface area contributed by atoms with Gasteiger partial charge >= 0.3 is 0 Å². The molecular weight excluding hydrogens is 270 g/mol. The normalized spacial score (nSPS) is 11.6. The Morgan fingerprint density at radius 1 is 1.35 bits per heavy atom. The van der Waals surface area contributed by atoms with Crippen molar-refractivity contribution in [3.05, 3.63) is 29.3 Å². The molecule has 0 aliphatic carbocycles. The minimum atomic E-state index is -0.355. The first-order valence-electron chi connectivity index (χ1n) is 6.87. The van der Waals surface area contributed by atoms with Gasteiger partial charge in [0, 0.05) is 12.2 Å². The monoisotopic (exact) mass is 293 g/mol. The second-order valence-corrected chi connectivity index (χ2v) is 5.27. The molecule has 0 bridgehead atoms. The van der Waals surface area contributed by atoms with Gasteiger partial charge in [-0.05, 0) is 56.6 Å². The van der Waals surface area contributed by atoms with Crippen molar-refractivity contribution in [2.45, 2.75) is 40.2 Å². The number of rotatable bonds is 5. The van der Waals surface area contributed by atoms with Crippen molar-refractivity contribution in [2.75, 3.05) is 11.9 Å². The zero-order chi connectivity index (χ0) is 15.1. The number of hydrogen-bond acceptors (Lipinski definition) is 2. The lowest BCUT2D eigenvalue weighted by Gasteiger charge is -2.18. The minimum absolute atomic E-state index is 0.0445. The third-order valence-corrected chi connectivity index (χ3v) is 3.36. The lowest BCUT2D eigenvalue weighted by molar-refractivity contribution is -0.122. The molecule has 0 saturated heterocycles. The molecular formula is C15H23N3OS. The summed E-state index contributed by atoms with van der Waals surface area (Å²) >= 11 is 5.24. The number of thiocarbonyl (C=S) groups is 1. The summed E-state index contributed by atoms with van der Waals surface area (Å²) in [5, 5.41) is 9.41. The number of carbonyl (C=O) groups excluding carboxylic acids is 1. The Hall–Kier alpha value is -1.62. The fourth-order valence-electron chi connectivity index (χ4n) is 1.71. The van der Waals surface area contributed by atoms with Crippen molar-refractivity contribution in [1.29, 1.82) is 0 Å². The Kier molecular flexibility index (Phi) is 6.45. The van der Waals surface area contributed by atoms with Gasteiger partial charge in [-0.25, -0.2) is 0 Å². The predicted molar refractivity (Wildman–Crippen MR) is 88.0 cm³/mol. The van der Waals surface area contributed by atoms with Crippen LogP contribution in [0.5, 0.6) is 0 Å². The summed E-state index contributed by atoms with van der Waals surface area (Å²) in [6.45, 7) is 8.59. The van der Waals surface area contributed by atoms with Crippen LogP contribution in [0, 0.1) is 13.8 Å². The van der Waals surface area contributed by atoms with Gasteiger partial charge in [0.05, 0.1) is 0 Å². The van der Waals surface area contributed by atoms with E-state index in [1.807, 2.05) is 26.0 Å². The number of amides is 1. The SMILES string of the molecule is CCCNC(=O)[C@@H](C)NC(=S)Nc1cccc(C)c1C. The number of hydrogen-bond donors (Lipinski definition) is 3. The molecule has 1 aromatic carbocycles. The molecule has 110 valence electrons. The molecule has 1 aromatic rings. The highest BCUT2D eigenvalue weighted by Gasteiger charge is 2.13. The third kappa shape index (κ3) is 4.81. The Bertz CT molecular complexity index is 488. The molecule has 3 N–H and O–H groups in total. The smallest absolute Gasteiger partial charge is 0.242 e. The van der Waals surface area contributed by atoms with E-state index in [4.69, 9.17) is 12.2 Å². The zero-order valence-corrected chi connectivity index (χ0v) is 13.4. The number of benzene rings is 1. The van der Waals surface area contributed by atoms with Crippen molar-refractivity contribution in [2.24, 2.45) is 0 Å². The maximum Gasteiger partial charge on any atom is 0.242 e. The number of carbonyl (C=O) groups is 1. The first-order chi connectivity index (χ1) is 9.45. The number of anilines is 1. The topological polar surface area (TPSA) is 53.2 Å². The van der Waals surface area contributed by atoms with Crippen LogP contribution in [0.1, 0.15) is 31.4 Å². The molecule has 0 aromatic heterocycles. The molecule has 0 heterocycles. The molecule has 0 saturated carbocycles. The molecule has 0 unspecified atom stereocenters. The Balaban J connectivity index is 2.55. The fraction of sp³-hybridized carbons (Fsp3) is 0.467.